The molecule has 3 aliphatic rings. The molecule has 10 rings (SSSR count). The summed E-state index contributed by atoms with van der Waals surface area (Å²) in [6.07, 6.45) is 0. The quantitative estimate of drug-likeness (QED) is 0.182. The lowest BCUT2D eigenvalue weighted by Crippen LogP contribution is -2.31. The van der Waals surface area contributed by atoms with E-state index in [4.69, 9.17) is 0 Å². The summed E-state index contributed by atoms with van der Waals surface area (Å²) in [5.41, 5.74) is 13.2. The summed E-state index contributed by atoms with van der Waals surface area (Å²) < 4.78 is 27.7. The highest BCUT2D eigenvalue weighted by Gasteiger charge is 2.43. The van der Waals surface area contributed by atoms with Crippen molar-refractivity contribution >= 4 is 54.7 Å². The smallest absolute Gasteiger partial charge is 0.210 e. The Bertz CT molecular complexity index is 2690. The first-order valence-electron chi connectivity index (χ1n) is 17.5. The molecule has 7 aromatic carbocycles. The van der Waals surface area contributed by atoms with Crippen molar-refractivity contribution in [1.29, 1.82) is 0 Å². The van der Waals surface area contributed by atoms with E-state index in [9.17, 15) is 8.42 Å². The number of hydrogen-bond donors (Lipinski definition) is 0. The van der Waals surface area contributed by atoms with Gasteiger partial charge in [-0.3, -0.25) is 0 Å². The second-order valence-corrected chi connectivity index (χ2v) is 16.9. The molecule has 2 heterocycles. The van der Waals surface area contributed by atoms with Crippen LogP contribution in [0.4, 0.5) is 34.1 Å². The normalized spacial score (nSPS) is 16.8. The van der Waals surface area contributed by atoms with Crippen LogP contribution in [-0.4, -0.2) is 8.42 Å². The summed E-state index contributed by atoms with van der Waals surface area (Å²) in [7, 11) is -3.68. The summed E-state index contributed by atoms with van der Waals surface area (Å²) in [6.45, 7) is 9.38. The van der Waals surface area contributed by atoms with Gasteiger partial charge in [0, 0.05) is 21.6 Å². The number of nitrogens with zero attached hydrogens (tertiary/aromatic N) is 2. The van der Waals surface area contributed by atoms with Crippen LogP contribution in [0.25, 0.3) is 21.9 Å². The van der Waals surface area contributed by atoms with Crippen LogP contribution in [0, 0.1) is 0 Å². The maximum Gasteiger partial charge on any atom is 0.210 e. The van der Waals surface area contributed by atoms with E-state index in [-0.39, 0.29) is 10.8 Å². The second-order valence-electron chi connectivity index (χ2n) is 15.0. The molecule has 0 spiro atoms. The number of rotatable bonds is 2. The Morgan fingerprint density at radius 3 is 1.49 bits per heavy atom. The van der Waals surface area contributed by atoms with Crippen LogP contribution < -0.4 is 9.80 Å². The number of benzene rings is 7. The molecule has 51 heavy (non-hydrogen) atoms. The average Bonchev–Trinajstić information content (AvgIpc) is 3.37. The van der Waals surface area contributed by atoms with Gasteiger partial charge in [0.25, 0.3) is 0 Å². The van der Waals surface area contributed by atoms with Gasteiger partial charge in [0.05, 0.1) is 43.9 Å². The fraction of sp³-hybridized carbons (Fsp3) is 0.130. The van der Waals surface area contributed by atoms with Crippen LogP contribution in [0.5, 0.6) is 0 Å². The first kappa shape index (κ1) is 30.2. The predicted octanol–water partition coefficient (Wildman–Crippen LogP) is 11.9. The van der Waals surface area contributed by atoms with E-state index in [0.29, 0.717) is 21.2 Å². The van der Waals surface area contributed by atoms with Crippen molar-refractivity contribution < 1.29 is 8.42 Å². The van der Waals surface area contributed by atoms with Crippen LogP contribution in [0.3, 0.4) is 0 Å². The minimum Gasteiger partial charge on any atom is -0.309 e. The molecule has 0 saturated heterocycles. The van der Waals surface area contributed by atoms with E-state index >= 15 is 0 Å². The fourth-order valence-corrected chi connectivity index (χ4v) is 10.7. The largest absolute Gasteiger partial charge is 0.309 e. The van der Waals surface area contributed by atoms with Crippen molar-refractivity contribution in [2.45, 2.75) is 48.3 Å². The van der Waals surface area contributed by atoms with Gasteiger partial charge >= 0.3 is 0 Å². The topological polar surface area (TPSA) is 40.6 Å². The maximum atomic E-state index is 13.8. The summed E-state index contributed by atoms with van der Waals surface area (Å²) in [6, 6.07) is 50.1. The van der Waals surface area contributed by atoms with Gasteiger partial charge in [-0.2, -0.15) is 0 Å². The maximum absolute atomic E-state index is 13.8. The van der Waals surface area contributed by atoms with E-state index in [1.807, 2.05) is 24.3 Å². The monoisotopic (exact) mass is 680 g/mol. The second kappa shape index (κ2) is 10.2. The van der Waals surface area contributed by atoms with Crippen molar-refractivity contribution in [1.82, 2.24) is 0 Å². The van der Waals surface area contributed by atoms with Crippen molar-refractivity contribution in [3.8, 4) is 11.1 Å². The number of para-hydroxylation sites is 3. The molecule has 248 valence electrons. The Kier molecular flexibility index (Phi) is 6.05. The van der Waals surface area contributed by atoms with Crippen LogP contribution >= 0.6 is 0 Å². The van der Waals surface area contributed by atoms with Crippen molar-refractivity contribution in [3.05, 3.63) is 168 Å². The average molecular weight is 681 g/mol. The van der Waals surface area contributed by atoms with Gasteiger partial charge in [-0.25, -0.2) is 8.42 Å². The summed E-state index contributed by atoms with van der Waals surface area (Å²) in [5, 5.41) is 2.12. The Balaban J connectivity index is 1.25. The van der Waals surface area contributed by atoms with Crippen molar-refractivity contribution in [2.75, 3.05) is 9.80 Å². The van der Waals surface area contributed by atoms with E-state index in [1.54, 1.807) is 24.3 Å². The zero-order valence-electron chi connectivity index (χ0n) is 29.0. The molecule has 0 aromatic heterocycles. The predicted molar refractivity (Wildman–Crippen MR) is 208 cm³/mol. The molecule has 0 bridgehead atoms. The zero-order chi connectivity index (χ0) is 34.9. The van der Waals surface area contributed by atoms with E-state index < -0.39 is 9.84 Å². The summed E-state index contributed by atoms with van der Waals surface area (Å²) >= 11 is 0. The SMILES string of the molecule is CC1(C)c2ccccc2-c2cc3c(cc21)N(c1ccc(N2c4ccccc4S(=O)(=O)c4ccccc42)c2ccccc12)c1ccccc1C3(C)C. The molecule has 0 atom stereocenters. The molecular formula is C46H36N2O2S. The van der Waals surface area contributed by atoms with Gasteiger partial charge in [0.2, 0.25) is 9.84 Å². The van der Waals surface area contributed by atoms with Crippen LogP contribution in [0.1, 0.15) is 49.9 Å². The van der Waals surface area contributed by atoms with Gasteiger partial charge in [-0.1, -0.05) is 119 Å². The van der Waals surface area contributed by atoms with E-state index in [2.05, 4.69) is 135 Å². The lowest BCUT2D eigenvalue weighted by molar-refractivity contribution is 0.595. The molecule has 0 N–H and O–H groups in total. The van der Waals surface area contributed by atoms with E-state index in [0.717, 1.165) is 22.1 Å². The standard InChI is InChI=1S/C46H36N2O2S/c1-45(2)33-18-8-7-15-29(33)32-27-36-42(28-35(32)45)47(39-20-10-9-19-34(39)46(36,3)4)37-25-26-38(31-17-6-5-16-30(31)37)48-40-21-11-13-23-43(40)51(49,50)44-24-14-12-22-41(44)48/h5-28H,1-4H3. The summed E-state index contributed by atoms with van der Waals surface area (Å²) in [4.78, 5) is 5.21. The van der Waals surface area contributed by atoms with Gasteiger partial charge in [0.1, 0.15) is 0 Å². The highest BCUT2D eigenvalue weighted by molar-refractivity contribution is 7.92. The van der Waals surface area contributed by atoms with Crippen LogP contribution in [0.2, 0.25) is 0 Å². The number of hydrogen-bond acceptors (Lipinski definition) is 4. The molecule has 2 aliphatic heterocycles. The highest BCUT2D eigenvalue weighted by atomic mass is 32.2. The number of sulfone groups is 1. The molecule has 1 aliphatic carbocycles. The summed E-state index contributed by atoms with van der Waals surface area (Å²) in [5.74, 6) is 0. The lowest BCUT2D eigenvalue weighted by Gasteiger charge is -2.43. The first-order chi connectivity index (χ1) is 24.6. The van der Waals surface area contributed by atoms with Gasteiger partial charge in [-0.15, -0.1) is 0 Å². The third-order valence-electron chi connectivity index (χ3n) is 11.6. The number of anilines is 6. The zero-order valence-corrected chi connectivity index (χ0v) is 29.8. The molecule has 0 unspecified atom stereocenters. The molecular weight excluding hydrogens is 645 g/mol. The van der Waals surface area contributed by atoms with Gasteiger partial charge < -0.3 is 9.80 Å². The third kappa shape index (κ3) is 3.93. The van der Waals surface area contributed by atoms with Crippen molar-refractivity contribution in [3.63, 3.8) is 0 Å². The minimum atomic E-state index is -3.68. The highest BCUT2D eigenvalue weighted by Crippen LogP contribution is 2.59. The first-order valence-corrected chi connectivity index (χ1v) is 19.0. The Hall–Kier alpha value is -5.65. The molecule has 7 aromatic rings. The minimum absolute atomic E-state index is 0.144. The van der Waals surface area contributed by atoms with Gasteiger partial charge in [0.15, 0.2) is 0 Å². The lowest BCUT2D eigenvalue weighted by atomic mass is 9.71. The molecule has 0 fully saturated rings. The Morgan fingerprint density at radius 2 is 0.863 bits per heavy atom. The fourth-order valence-electron chi connectivity index (χ4n) is 9.06. The Morgan fingerprint density at radius 1 is 0.392 bits per heavy atom. The molecule has 0 saturated carbocycles. The third-order valence-corrected chi connectivity index (χ3v) is 13.4. The molecule has 5 heteroatoms. The molecule has 4 nitrogen and oxygen atoms in total. The molecule has 0 amide bonds. The molecule has 0 radical (unpaired) electrons. The van der Waals surface area contributed by atoms with Crippen molar-refractivity contribution in [2.24, 2.45) is 0 Å². The van der Waals surface area contributed by atoms with E-state index in [1.165, 1.54) is 44.8 Å². The Labute approximate surface area is 299 Å². The van der Waals surface area contributed by atoms with Gasteiger partial charge in [-0.05, 0) is 88.0 Å². The number of fused-ring (bicyclic) bond motifs is 8. The van der Waals surface area contributed by atoms with Crippen LogP contribution in [0.15, 0.2) is 155 Å². The van der Waals surface area contributed by atoms with Crippen LogP contribution in [-0.2, 0) is 20.7 Å².